The lowest BCUT2D eigenvalue weighted by molar-refractivity contribution is 0.0821. The Bertz CT molecular complexity index is 1900. The molecule has 3 unspecified atom stereocenters. The molecule has 0 radical (unpaired) electrons. The van der Waals surface area contributed by atoms with Crippen molar-refractivity contribution in [1.82, 2.24) is 29.5 Å². The van der Waals surface area contributed by atoms with E-state index in [9.17, 15) is 19.7 Å². The van der Waals surface area contributed by atoms with Crippen molar-refractivity contribution in [3.8, 4) is 18.1 Å². The third-order valence-electron chi connectivity index (χ3n) is 10.7. The van der Waals surface area contributed by atoms with Gasteiger partial charge in [-0.1, -0.05) is 18.5 Å². The number of carbonyl (C=O) groups is 1. The summed E-state index contributed by atoms with van der Waals surface area (Å²) in [6.45, 7) is 6.72. The van der Waals surface area contributed by atoms with E-state index in [0.717, 1.165) is 24.9 Å². The number of rotatable bonds is 4. The Balaban J connectivity index is 0.000000375. The van der Waals surface area contributed by atoms with Gasteiger partial charge in [-0.3, -0.25) is 14.4 Å². The van der Waals surface area contributed by atoms with E-state index in [4.69, 9.17) is 22.1 Å². The second-order valence-corrected chi connectivity index (χ2v) is 15.7. The van der Waals surface area contributed by atoms with Crippen LogP contribution in [0, 0.1) is 22.7 Å². The first-order chi connectivity index (χ1) is 24.0. The van der Waals surface area contributed by atoms with Gasteiger partial charge >= 0.3 is 6.01 Å². The minimum atomic E-state index is -0.518. The SMILES string of the molecule is COc1nc(N2CCCn3nc(C(=O)N(C)C)c(Cl)c3C2)c(C#N)c(N2CC3(CC(C)c4sc(N)c(C#N)c43)C2)n1.FC1CC2CCCN2C1. The van der Waals surface area contributed by atoms with Crippen LogP contribution in [0.4, 0.5) is 21.0 Å². The summed E-state index contributed by atoms with van der Waals surface area (Å²) in [4.78, 5) is 30.8. The second-order valence-electron chi connectivity index (χ2n) is 14.2. The third-order valence-corrected chi connectivity index (χ3v) is 12.3. The van der Waals surface area contributed by atoms with E-state index in [-0.39, 0.29) is 23.0 Å². The smallest absolute Gasteiger partial charge is 0.320 e. The molecule has 5 aliphatic rings. The van der Waals surface area contributed by atoms with Crippen LogP contribution >= 0.6 is 22.9 Å². The zero-order valence-electron chi connectivity index (χ0n) is 28.7. The van der Waals surface area contributed by atoms with Crippen molar-refractivity contribution in [3.05, 3.63) is 38.0 Å². The Hall–Kier alpha value is -4.18. The van der Waals surface area contributed by atoms with Crippen molar-refractivity contribution in [2.75, 3.05) is 69.5 Å². The van der Waals surface area contributed by atoms with Gasteiger partial charge in [-0.25, -0.2) is 4.39 Å². The van der Waals surface area contributed by atoms with Crippen LogP contribution < -0.4 is 20.3 Å². The monoisotopic (exact) mass is 721 g/mol. The first kappa shape index (κ1) is 34.3. The molecule has 1 aliphatic carbocycles. The van der Waals surface area contributed by atoms with Crippen LogP contribution in [-0.2, 0) is 18.5 Å². The highest BCUT2D eigenvalue weighted by Crippen LogP contribution is 2.57. The summed E-state index contributed by atoms with van der Waals surface area (Å²) in [5.41, 5.74) is 8.87. The number of carbonyl (C=O) groups excluding carboxylic acids is 1. The molecule has 2 N–H and O–H groups in total. The maximum Gasteiger partial charge on any atom is 0.320 e. The molecule has 1 amide bonds. The number of anilines is 3. The van der Waals surface area contributed by atoms with Crippen LogP contribution in [0.3, 0.4) is 0 Å². The summed E-state index contributed by atoms with van der Waals surface area (Å²) in [5, 5.41) is 25.6. The highest BCUT2D eigenvalue weighted by atomic mass is 35.5. The third kappa shape index (κ3) is 5.69. The van der Waals surface area contributed by atoms with Crippen molar-refractivity contribution in [1.29, 1.82) is 10.5 Å². The van der Waals surface area contributed by atoms with Crippen molar-refractivity contribution in [2.24, 2.45) is 0 Å². The number of halogens is 2. The van der Waals surface area contributed by atoms with Crippen LogP contribution in [-0.4, -0.2) is 102 Å². The lowest BCUT2D eigenvalue weighted by Crippen LogP contribution is -2.59. The number of amides is 1. The van der Waals surface area contributed by atoms with Gasteiger partial charge in [0.2, 0.25) is 0 Å². The number of thiophene rings is 1. The van der Waals surface area contributed by atoms with E-state index >= 15 is 0 Å². The fourth-order valence-electron chi connectivity index (χ4n) is 8.46. The lowest BCUT2D eigenvalue weighted by Gasteiger charge is -2.50. The fourth-order valence-corrected chi connectivity index (χ4v) is 9.93. The number of ether oxygens (including phenoxy) is 1. The highest BCUT2D eigenvalue weighted by molar-refractivity contribution is 7.16. The van der Waals surface area contributed by atoms with Gasteiger partial charge in [0.15, 0.2) is 17.3 Å². The average molecular weight is 722 g/mol. The number of aryl methyl sites for hydroxylation is 1. The van der Waals surface area contributed by atoms with Gasteiger partial charge in [0.1, 0.15) is 28.9 Å². The molecule has 3 aromatic rings. The molecule has 3 fully saturated rings. The first-order valence-electron chi connectivity index (χ1n) is 17.0. The lowest BCUT2D eigenvalue weighted by atomic mass is 9.73. The summed E-state index contributed by atoms with van der Waals surface area (Å²) in [5.74, 6) is 0.979. The summed E-state index contributed by atoms with van der Waals surface area (Å²) in [6, 6.07) is 5.43. The molecular formula is C34H41ClFN11O2S. The Morgan fingerprint density at radius 3 is 2.50 bits per heavy atom. The molecule has 13 nitrogen and oxygen atoms in total. The van der Waals surface area contributed by atoms with Gasteiger partial charge in [-0.15, -0.1) is 11.3 Å². The molecule has 0 saturated carbocycles. The molecule has 3 saturated heterocycles. The molecule has 0 bridgehead atoms. The van der Waals surface area contributed by atoms with Crippen LogP contribution in [0.5, 0.6) is 6.01 Å². The van der Waals surface area contributed by atoms with Crippen molar-refractivity contribution in [3.63, 3.8) is 0 Å². The van der Waals surface area contributed by atoms with Gasteiger partial charge in [0, 0.05) is 63.2 Å². The van der Waals surface area contributed by atoms with Crippen molar-refractivity contribution in [2.45, 2.75) is 75.7 Å². The van der Waals surface area contributed by atoms with E-state index in [0.29, 0.717) is 96.1 Å². The largest absolute Gasteiger partial charge is 0.467 e. The van der Waals surface area contributed by atoms with Gasteiger partial charge in [-0.05, 0) is 50.1 Å². The Morgan fingerprint density at radius 1 is 1.12 bits per heavy atom. The maximum atomic E-state index is 12.7. The van der Waals surface area contributed by atoms with E-state index in [2.05, 4.69) is 43.9 Å². The van der Waals surface area contributed by atoms with Crippen LogP contribution in [0.2, 0.25) is 5.02 Å². The zero-order valence-corrected chi connectivity index (χ0v) is 30.3. The Kier molecular flexibility index (Phi) is 9.03. The number of fused-ring (bicyclic) bond motifs is 4. The summed E-state index contributed by atoms with van der Waals surface area (Å²) in [6.07, 6.45) is 4.43. The van der Waals surface area contributed by atoms with Crippen molar-refractivity contribution >= 4 is 45.5 Å². The second kappa shape index (κ2) is 13.2. The number of hydrogen-bond acceptors (Lipinski definition) is 12. The Labute approximate surface area is 300 Å². The van der Waals surface area contributed by atoms with E-state index < -0.39 is 6.17 Å². The molecule has 50 heavy (non-hydrogen) atoms. The number of nitrogen functional groups attached to an aromatic ring is 1. The topological polar surface area (TPSA) is 156 Å². The zero-order chi connectivity index (χ0) is 35.5. The molecular weight excluding hydrogens is 681 g/mol. The molecule has 1 spiro atoms. The van der Waals surface area contributed by atoms with Gasteiger partial charge in [-0.2, -0.15) is 25.6 Å². The van der Waals surface area contributed by atoms with Crippen LogP contribution in [0.1, 0.15) is 82.7 Å². The summed E-state index contributed by atoms with van der Waals surface area (Å²) < 4.78 is 19.9. The molecule has 264 valence electrons. The number of alkyl halides is 1. The molecule has 0 aromatic carbocycles. The highest BCUT2D eigenvalue weighted by Gasteiger charge is 2.54. The van der Waals surface area contributed by atoms with E-state index in [1.165, 1.54) is 41.1 Å². The fraction of sp³-hybridized carbons (Fsp3) is 0.588. The average Bonchev–Trinajstić information content (AvgIpc) is 3.84. The number of methoxy groups -OCH3 is 1. The molecule has 16 heteroatoms. The minimum Gasteiger partial charge on any atom is -0.467 e. The number of hydrogen-bond donors (Lipinski definition) is 1. The van der Waals surface area contributed by atoms with Gasteiger partial charge < -0.3 is 25.2 Å². The van der Waals surface area contributed by atoms with E-state index in [1.54, 1.807) is 18.8 Å². The van der Waals surface area contributed by atoms with Crippen LogP contribution in [0.25, 0.3) is 0 Å². The minimum absolute atomic E-state index is 0.153. The van der Waals surface area contributed by atoms with Crippen LogP contribution in [0.15, 0.2) is 0 Å². The number of nitriles is 2. The molecule has 3 atom stereocenters. The normalized spacial score (nSPS) is 23.2. The van der Waals surface area contributed by atoms with E-state index in [1.807, 2.05) is 4.90 Å². The predicted molar refractivity (Wildman–Crippen MR) is 189 cm³/mol. The molecule has 7 heterocycles. The molecule has 4 aliphatic heterocycles. The van der Waals surface area contributed by atoms with Gasteiger partial charge in [0.25, 0.3) is 5.91 Å². The molecule has 3 aromatic heterocycles. The quantitative estimate of drug-likeness (QED) is 0.410. The molecule has 8 rings (SSSR count). The maximum absolute atomic E-state index is 12.7. The van der Waals surface area contributed by atoms with Gasteiger partial charge in [0.05, 0.1) is 29.9 Å². The number of aromatic nitrogens is 4. The Morgan fingerprint density at radius 2 is 1.84 bits per heavy atom. The predicted octanol–water partition coefficient (Wildman–Crippen LogP) is 4.29. The standard InChI is InChI=1S/C27H29ClN10O2S.C7H12FN/c1-14-8-27(18-15(9-29)22(31)41-21(14)18)12-37(13-27)24-16(10-30)23(32-26(33-24)40-4)36-6-5-7-38-17(11-36)19(28)20(34-38)25(39)35(2)3;8-6-4-7-2-1-3-9(7)5-6/h14H,5-8,11-13,31H2,1-4H3;6-7H,1-5H2. The first-order valence-corrected chi connectivity index (χ1v) is 18.2. The summed E-state index contributed by atoms with van der Waals surface area (Å²) in [7, 11) is 4.81. The summed E-state index contributed by atoms with van der Waals surface area (Å²) >= 11 is 8.19. The van der Waals surface area contributed by atoms with Crippen molar-refractivity contribution < 1.29 is 13.9 Å². The number of nitrogens with two attached hydrogens (primary N) is 1. The number of nitrogens with zero attached hydrogens (tertiary/aromatic N) is 10.